The number of aromatic hydroxyl groups is 1. The molecular formula is C33H21Cl2F5N2O6. The zero-order valence-electron chi connectivity index (χ0n) is 24.4. The average Bonchev–Trinajstić information content (AvgIpc) is 3.41. The first-order valence-corrected chi connectivity index (χ1v) is 15.2. The van der Waals surface area contributed by atoms with Crippen LogP contribution in [0.5, 0.6) is 11.5 Å². The van der Waals surface area contributed by atoms with Crippen LogP contribution in [0.2, 0.25) is 0 Å². The lowest BCUT2D eigenvalue weighted by Gasteiger charge is -2.50. The molecular weight excluding hydrogens is 686 g/mol. The van der Waals surface area contributed by atoms with Gasteiger partial charge in [-0.3, -0.25) is 24.1 Å². The zero-order valence-corrected chi connectivity index (χ0v) is 26.0. The Balaban J connectivity index is 1.44. The monoisotopic (exact) mass is 706 g/mol. The predicted molar refractivity (Wildman–Crippen MR) is 160 cm³/mol. The summed E-state index contributed by atoms with van der Waals surface area (Å²) < 4.78 is 78.2. The minimum atomic E-state index is -2.70. The van der Waals surface area contributed by atoms with Crippen molar-refractivity contribution in [3.63, 3.8) is 0 Å². The average molecular weight is 707 g/mol. The van der Waals surface area contributed by atoms with E-state index in [2.05, 4.69) is 0 Å². The Bertz CT molecular complexity index is 1980. The molecule has 0 bridgehead atoms. The lowest BCUT2D eigenvalue weighted by Crippen LogP contribution is -2.60. The Morgan fingerprint density at radius 2 is 1.44 bits per heavy atom. The molecule has 0 aromatic heterocycles. The van der Waals surface area contributed by atoms with Gasteiger partial charge in [0, 0.05) is 5.92 Å². The summed E-state index contributed by atoms with van der Waals surface area (Å²) in [6, 6.07) is 11.9. The molecule has 3 aromatic carbocycles. The van der Waals surface area contributed by atoms with E-state index >= 15 is 8.78 Å². The van der Waals surface area contributed by atoms with Crippen LogP contribution in [-0.4, -0.2) is 45.6 Å². The number of alkyl halides is 2. The van der Waals surface area contributed by atoms with Gasteiger partial charge < -0.3 is 9.84 Å². The van der Waals surface area contributed by atoms with Gasteiger partial charge in [0.15, 0.2) is 44.5 Å². The highest BCUT2D eigenvalue weighted by Crippen LogP contribution is 2.66. The fraction of sp³-hybridized carbons (Fsp3) is 0.273. The number of rotatable bonds is 4. The van der Waals surface area contributed by atoms with Crippen molar-refractivity contribution < 1.29 is 51.0 Å². The summed E-state index contributed by atoms with van der Waals surface area (Å²) >= 11 is 14.2. The number of nitrogens with zero attached hydrogens (tertiary/aromatic N) is 2. The highest BCUT2D eigenvalue weighted by Gasteiger charge is 2.77. The summed E-state index contributed by atoms with van der Waals surface area (Å²) in [5.41, 5.74) is -1.29. The maximum atomic E-state index is 15.2. The van der Waals surface area contributed by atoms with E-state index in [0.717, 1.165) is 11.0 Å². The fourth-order valence-corrected chi connectivity index (χ4v) is 8.59. The second kappa shape index (κ2) is 10.8. The van der Waals surface area contributed by atoms with Gasteiger partial charge in [0.05, 0.1) is 24.6 Å². The molecule has 6 atom stereocenters. The predicted octanol–water partition coefficient (Wildman–Crippen LogP) is 5.86. The summed E-state index contributed by atoms with van der Waals surface area (Å²) in [6.07, 6.45) is 0.910. The van der Waals surface area contributed by atoms with E-state index < -0.39 is 104 Å². The number of amides is 4. The van der Waals surface area contributed by atoms with Gasteiger partial charge in [-0.1, -0.05) is 35.9 Å². The van der Waals surface area contributed by atoms with Crippen LogP contribution in [0.4, 0.5) is 33.3 Å². The largest absolute Gasteiger partial charge is 0.504 e. The van der Waals surface area contributed by atoms with Crippen LogP contribution in [0.3, 0.4) is 0 Å². The Kier molecular flexibility index (Phi) is 7.19. The van der Waals surface area contributed by atoms with Gasteiger partial charge >= 0.3 is 0 Å². The molecule has 3 fully saturated rings. The Hall–Kier alpha value is -4.49. The van der Waals surface area contributed by atoms with E-state index in [1.807, 2.05) is 0 Å². The SMILES string of the molecule is COc1ccc([C@H]2C3=CC[C@@H]4C(=O)N(c5ccccc5)C(=O)[C@@H]4[C@@H]3C[C@@]3(Cl)C(=O)N(c4c(F)c(F)c(F)c(F)c4F)C(=O)[C@@]23Cl)cc1O. The van der Waals surface area contributed by atoms with E-state index in [1.54, 1.807) is 36.4 Å². The number of halogens is 7. The number of allylic oxidation sites excluding steroid dienone is 2. The molecule has 2 heterocycles. The molecule has 0 radical (unpaired) electrons. The molecule has 0 spiro atoms. The van der Waals surface area contributed by atoms with Crippen molar-refractivity contribution in [2.24, 2.45) is 17.8 Å². The van der Waals surface area contributed by atoms with Crippen molar-refractivity contribution in [2.45, 2.75) is 28.5 Å². The number of imide groups is 2. The molecule has 2 aliphatic heterocycles. The standard InChI is InChI=1S/C33H21Cl2F5N2O6/c1-48-19-10-7-13(11-18(19)43)21-15-8-9-16-20(29(45)41(28(16)44)14-5-3-2-4-6-14)17(15)12-32(34)30(46)42(31(47)33(21,32)35)27-25(39)23(37)22(36)24(38)26(27)40/h2-8,10-11,16-17,20-21,43H,9,12H2,1H3/t16-,17+,20-,21-,32+,33-/m0/s1. The van der Waals surface area contributed by atoms with Crippen molar-refractivity contribution in [1.29, 1.82) is 0 Å². The number of carbonyl (C=O) groups excluding carboxylic acids is 4. The fourth-order valence-electron chi connectivity index (χ4n) is 7.66. The van der Waals surface area contributed by atoms with Crippen LogP contribution < -0.4 is 14.5 Å². The molecule has 15 heteroatoms. The number of anilines is 2. The topological polar surface area (TPSA) is 104 Å². The van der Waals surface area contributed by atoms with Gasteiger partial charge in [0.1, 0.15) is 5.69 Å². The first kappa shape index (κ1) is 32.1. The first-order chi connectivity index (χ1) is 22.7. The van der Waals surface area contributed by atoms with Gasteiger partial charge in [-0.2, -0.15) is 0 Å². The van der Waals surface area contributed by atoms with Crippen LogP contribution >= 0.6 is 23.2 Å². The number of phenolic OH excluding ortho intramolecular Hbond substituents is 1. The summed E-state index contributed by atoms with van der Waals surface area (Å²) in [5, 5.41) is 10.7. The van der Waals surface area contributed by atoms with E-state index in [-0.39, 0.29) is 33.9 Å². The summed E-state index contributed by atoms with van der Waals surface area (Å²) in [4.78, 5) is 51.6. The van der Waals surface area contributed by atoms with Crippen molar-refractivity contribution in [3.8, 4) is 11.5 Å². The third-order valence-electron chi connectivity index (χ3n) is 9.77. The Labute approximate surface area is 278 Å². The molecule has 1 saturated carbocycles. The molecule has 8 nitrogen and oxygen atoms in total. The molecule has 48 heavy (non-hydrogen) atoms. The van der Waals surface area contributed by atoms with Gasteiger partial charge in [0.25, 0.3) is 11.8 Å². The molecule has 0 unspecified atom stereocenters. The minimum Gasteiger partial charge on any atom is -0.504 e. The Morgan fingerprint density at radius 3 is 2.04 bits per heavy atom. The van der Waals surface area contributed by atoms with E-state index in [4.69, 9.17) is 27.9 Å². The van der Waals surface area contributed by atoms with E-state index in [0.29, 0.717) is 0 Å². The number of ether oxygens (including phenoxy) is 1. The lowest BCUT2D eigenvalue weighted by molar-refractivity contribution is -0.125. The van der Waals surface area contributed by atoms with Gasteiger partial charge in [-0.15, -0.1) is 23.2 Å². The maximum Gasteiger partial charge on any atom is 0.258 e. The minimum absolute atomic E-state index is 0.00326. The highest BCUT2D eigenvalue weighted by molar-refractivity contribution is 6.58. The number of hydrogen-bond acceptors (Lipinski definition) is 6. The Morgan fingerprint density at radius 1 is 0.812 bits per heavy atom. The number of para-hydroxylation sites is 1. The van der Waals surface area contributed by atoms with Gasteiger partial charge in [-0.25, -0.2) is 26.9 Å². The number of phenols is 1. The van der Waals surface area contributed by atoms with Crippen molar-refractivity contribution in [3.05, 3.63) is 94.8 Å². The molecule has 3 aromatic rings. The third-order valence-corrected chi connectivity index (χ3v) is 11.2. The van der Waals surface area contributed by atoms with Crippen molar-refractivity contribution in [2.75, 3.05) is 16.9 Å². The molecule has 4 amide bonds. The normalized spacial score (nSPS) is 29.5. The molecule has 1 N–H and O–H groups in total. The molecule has 4 aliphatic rings. The number of benzene rings is 3. The molecule has 248 valence electrons. The summed E-state index contributed by atoms with van der Waals surface area (Å²) in [7, 11) is 1.27. The van der Waals surface area contributed by atoms with Gasteiger partial charge in [-0.05, 0) is 48.6 Å². The van der Waals surface area contributed by atoms with E-state index in [1.165, 1.54) is 19.2 Å². The van der Waals surface area contributed by atoms with Crippen LogP contribution in [0.1, 0.15) is 24.3 Å². The molecule has 2 saturated heterocycles. The number of fused-ring (bicyclic) bond motifs is 4. The quantitative estimate of drug-likeness (QED) is 0.0910. The van der Waals surface area contributed by atoms with Crippen LogP contribution in [0.15, 0.2) is 60.2 Å². The molecule has 2 aliphatic carbocycles. The van der Waals surface area contributed by atoms with Crippen LogP contribution in [0, 0.1) is 46.8 Å². The zero-order chi connectivity index (χ0) is 34.6. The summed E-state index contributed by atoms with van der Waals surface area (Å²) in [6.45, 7) is 0. The van der Waals surface area contributed by atoms with E-state index in [9.17, 15) is 37.5 Å². The second-order valence-corrected chi connectivity index (χ2v) is 13.2. The third kappa shape index (κ3) is 3.94. The lowest BCUT2D eigenvalue weighted by atomic mass is 9.56. The van der Waals surface area contributed by atoms with Crippen LogP contribution in [0.25, 0.3) is 0 Å². The number of hydrogen-bond donors (Lipinski definition) is 1. The van der Waals surface area contributed by atoms with Crippen LogP contribution in [-0.2, 0) is 19.2 Å². The molecule has 7 rings (SSSR count). The highest BCUT2D eigenvalue weighted by atomic mass is 35.5. The van der Waals surface area contributed by atoms with Gasteiger partial charge in [0.2, 0.25) is 17.6 Å². The first-order valence-electron chi connectivity index (χ1n) is 14.5. The van der Waals surface area contributed by atoms with Crippen molar-refractivity contribution >= 4 is 58.2 Å². The second-order valence-electron chi connectivity index (χ2n) is 12.0. The number of carbonyl (C=O) groups is 4. The number of methoxy groups -OCH3 is 1. The van der Waals surface area contributed by atoms with Crippen molar-refractivity contribution in [1.82, 2.24) is 0 Å². The maximum absolute atomic E-state index is 15.2. The smallest absolute Gasteiger partial charge is 0.258 e. The summed E-state index contributed by atoms with van der Waals surface area (Å²) in [5.74, 6) is -21.8.